The molecular weight excluding hydrogens is 330 g/mol. The second-order valence-electron chi connectivity index (χ2n) is 5.26. The van der Waals surface area contributed by atoms with E-state index in [1.54, 1.807) is 54.6 Å². The fourth-order valence-corrected chi connectivity index (χ4v) is 3.40. The van der Waals surface area contributed by atoms with Crippen molar-refractivity contribution in [2.24, 2.45) is 0 Å². The van der Waals surface area contributed by atoms with E-state index in [0.717, 1.165) is 0 Å². The molecule has 24 heavy (non-hydrogen) atoms. The Bertz CT molecular complexity index is 930. The maximum absolute atomic E-state index is 12.4. The first-order valence-electron chi connectivity index (χ1n) is 7.23. The lowest BCUT2D eigenvalue weighted by Gasteiger charge is -2.13. The number of nitrogens with one attached hydrogen (secondary N) is 1. The molecule has 0 aliphatic rings. The van der Waals surface area contributed by atoms with Gasteiger partial charge in [-0.3, -0.25) is 4.79 Å². The summed E-state index contributed by atoms with van der Waals surface area (Å²) in [5.41, 5.74) is 0.980. The van der Waals surface area contributed by atoms with E-state index in [1.807, 2.05) is 0 Å². The van der Waals surface area contributed by atoms with Crippen LogP contribution in [0.25, 0.3) is 11.0 Å². The van der Waals surface area contributed by atoms with Crippen LogP contribution < -0.4 is 4.72 Å². The van der Waals surface area contributed by atoms with Crippen molar-refractivity contribution in [2.45, 2.75) is 11.0 Å². The van der Waals surface area contributed by atoms with Crippen LogP contribution in [0.4, 0.5) is 0 Å². The summed E-state index contributed by atoms with van der Waals surface area (Å²) in [6, 6.07) is 16.8. The Morgan fingerprint density at radius 3 is 2.42 bits per heavy atom. The van der Waals surface area contributed by atoms with E-state index in [4.69, 9.17) is 4.42 Å². The topological polar surface area (TPSA) is 96.6 Å². The van der Waals surface area contributed by atoms with Gasteiger partial charge in [0.1, 0.15) is 5.58 Å². The summed E-state index contributed by atoms with van der Waals surface area (Å²) in [5, 5.41) is 9.78. The van der Waals surface area contributed by atoms with Crippen molar-refractivity contribution in [3.05, 3.63) is 66.2 Å². The zero-order valence-corrected chi connectivity index (χ0v) is 13.4. The Hall–Kier alpha value is -2.64. The number of fused-ring (bicyclic) bond motifs is 1. The van der Waals surface area contributed by atoms with Gasteiger partial charge in [0.05, 0.1) is 5.92 Å². The third-order valence-electron chi connectivity index (χ3n) is 3.65. The lowest BCUT2D eigenvalue weighted by molar-refractivity contribution is -0.138. The van der Waals surface area contributed by atoms with Gasteiger partial charge in [0.2, 0.25) is 5.09 Å². The molecule has 2 aromatic carbocycles. The van der Waals surface area contributed by atoms with Crippen LogP contribution in [-0.2, 0) is 14.8 Å². The third kappa shape index (κ3) is 3.32. The molecule has 1 unspecified atom stereocenters. The van der Waals surface area contributed by atoms with Gasteiger partial charge in [0.15, 0.2) is 0 Å². The molecule has 0 aliphatic heterocycles. The molecule has 0 saturated carbocycles. The summed E-state index contributed by atoms with van der Waals surface area (Å²) < 4.78 is 32.4. The van der Waals surface area contributed by atoms with E-state index >= 15 is 0 Å². The first-order valence-corrected chi connectivity index (χ1v) is 8.72. The van der Waals surface area contributed by atoms with Gasteiger partial charge in [-0.1, -0.05) is 48.5 Å². The number of para-hydroxylation sites is 1. The lowest BCUT2D eigenvalue weighted by atomic mass is 10.00. The number of carboxylic acid groups (broad SMARTS) is 1. The van der Waals surface area contributed by atoms with Crippen LogP contribution in [0.3, 0.4) is 0 Å². The van der Waals surface area contributed by atoms with Gasteiger partial charge in [-0.05, 0) is 11.6 Å². The van der Waals surface area contributed by atoms with Gasteiger partial charge >= 0.3 is 5.97 Å². The molecule has 0 amide bonds. The number of benzene rings is 2. The number of rotatable bonds is 6. The first kappa shape index (κ1) is 16.2. The van der Waals surface area contributed by atoms with Crippen LogP contribution in [0.5, 0.6) is 0 Å². The molecule has 6 nitrogen and oxygen atoms in total. The molecule has 0 bridgehead atoms. The number of hydrogen-bond donors (Lipinski definition) is 2. The Kier molecular flexibility index (Phi) is 4.37. The minimum Gasteiger partial charge on any atom is -0.481 e. The maximum atomic E-state index is 12.4. The number of furan rings is 1. The zero-order valence-electron chi connectivity index (χ0n) is 12.5. The molecule has 1 aromatic heterocycles. The average Bonchev–Trinajstić information content (AvgIpc) is 3.00. The summed E-state index contributed by atoms with van der Waals surface area (Å²) in [5.74, 6) is -2.08. The van der Waals surface area contributed by atoms with Crippen molar-refractivity contribution < 1.29 is 22.7 Å². The van der Waals surface area contributed by atoms with Crippen LogP contribution >= 0.6 is 0 Å². The number of aliphatic carboxylic acids is 1. The lowest BCUT2D eigenvalue weighted by Crippen LogP contribution is -2.31. The molecule has 0 spiro atoms. The van der Waals surface area contributed by atoms with Crippen molar-refractivity contribution >= 4 is 27.0 Å². The van der Waals surface area contributed by atoms with Gasteiger partial charge in [-0.15, -0.1) is 0 Å². The Labute approximate surface area is 138 Å². The predicted octanol–water partition coefficient (Wildman–Crippen LogP) is 2.58. The van der Waals surface area contributed by atoms with Gasteiger partial charge in [-0.2, -0.15) is 0 Å². The highest BCUT2D eigenvalue weighted by Crippen LogP contribution is 2.23. The highest BCUT2D eigenvalue weighted by Gasteiger charge is 2.25. The molecular formula is C17H15NO5S. The largest absolute Gasteiger partial charge is 0.481 e. The van der Waals surface area contributed by atoms with Crippen molar-refractivity contribution in [2.75, 3.05) is 6.54 Å². The standard InChI is InChI=1S/C17H15NO5S/c19-17(20)14(12-6-2-1-3-7-12)11-18-24(21,22)16-10-13-8-4-5-9-15(13)23-16/h1-10,14,18H,11H2,(H,19,20). The number of sulfonamides is 1. The maximum Gasteiger partial charge on any atom is 0.312 e. The molecule has 1 heterocycles. The van der Waals surface area contributed by atoms with Crippen LogP contribution in [-0.4, -0.2) is 26.0 Å². The molecule has 0 radical (unpaired) electrons. The molecule has 0 aliphatic carbocycles. The summed E-state index contributed by atoms with van der Waals surface area (Å²) in [6.07, 6.45) is 0. The quantitative estimate of drug-likeness (QED) is 0.716. The molecule has 0 fully saturated rings. The summed E-state index contributed by atoms with van der Waals surface area (Å²) >= 11 is 0. The SMILES string of the molecule is O=C(O)C(CNS(=O)(=O)c1cc2ccccc2o1)c1ccccc1. The van der Waals surface area contributed by atoms with Crippen molar-refractivity contribution in [3.63, 3.8) is 0 Å². The molecule has 124 valence electrons. The highest BCUT2D eigenvalue weighted by molar-refractivity contribution is 7.89. The van der Waals surface area contributed by atoms with E-state index in [9.17, 15) is 18.3 Å². The molecule has 3 aromatic rings. The van der Waals surface area contributed by atoms with E-state index in [2.05, 4.69) is 4.72 Å². The molecule has 2 N–H and O–H groups in total. The van der Waals surface area contributed by atoms with E-state index < -0.39 is 21.9 Å². The smallest absolute Gasteiger partial charge is 0.312 e. The Morgan fingerprint density at radius 1 is 1.08 bits per heavy atom. The Morgan fingerprint density at radius 2 is 1.75 bits per heavy atom. The number of carbonyl (C=O) groups is 1. The fraction of sp³-hybridized carbons (Fsp3) is 0.118. The normalized spacial score (nSPS) is 13.0. The molecule has 1 atom stereocenters. The summed E-state index contributed by atoms with van der Waals surface area (Å²) in [4.78, 5) is 11.4. The van der Waals surface area contributed by atoms with Crippen molar-refractivity contribution in [1.82, 2.24) is 4.72 Å². The molecule has 7 heteroatoms. The summed E-state index contributed by atoms with van der Waals surface area (Å²) in [6.45, 7) is -0.265. The fourth-order valence-electron chi connectivity index (χ4n) is 2.39. The zero-order chi connectivity index (χ0) is 17.2. The Balaban J connectivity index is 1.82. The van der Waals surface area contributed by atoms with Crippen molar-refractivity contribution in [3.8, 4) is 0 Å². The minimum absolute atomic E-state index is 0.235. The molecule has 0 saturated heterocycles. The highest BCUT2D eigenvalue weighted by atomic mass is 32.2. The molecule has 3 rings (SSSR count). The third-order valence-corrected chi connectivity index (χ3v) is 4.92. The van der Waals surface area contributed by atoms with E-state index in [-0.39, 0.29) is 11.6 Å². The summed E-state index contributed by atoms with van der Waals surface area (Å²) in [7, 11) is -3.94. The van der Waals surface area contributed by atoms with Gasteiger partial charge in [0.25, 0.3) is 10.0 Å². The number of hydrogen-bond acceptors (Lipinski definition) is 4. The van der Waals surface area contributed by atoms with Gasteiger partial charge in [-0.25, -0.2) is 13.1 Å². The van der Waals surface area contributed by atoms with Gasteiger partial charge < -0.3 is 9.52 Å². The predicted molar refractivity (Wildman–Crippen MR) is 88.2 cm³/mol. The monoisotopic (exact) mass is 345 g/mol. The van der Waals surface area contributed by atoms with Crippen LogP contribution in [0.2, 0.25) is 0 Å². The van der Waals surface area contributed by atoms with Crippen molar-refractivity contribution in [1.29, 1.82) is 0 Å². The van der Waals surface area contributed by atoms with E-state index in [0.29, 0.717) is 16.5 Å². The van der Waals surface area contributed by atoms with Crippen LogP contribution in [0.15, 0.2) is 70.2 Å². The van der Waals surface area contributed by atoms with Gasteiger partial charge in [0, 0.05) is 18.0 Å². The van der Waals surface area contributed by atoms with Crippen LogP contribution in [0, 0.1) is 0 Å². The first-order chi connectivity index (χ1) is 11.5. The second kappa shape index (κ2) is 6.46. The van der Waals surface area contributed by atoms with E-state index in [1.165, 1.54) is 6.07 Å². The minimum atomic E-state index is -3.94. The number of carboxylic acids is 1. The van der Waals surface area contributed by atoms with Crippen LogP contribution in [0.1, 0.15) is 11.5 Å². The average molecular weight is 345 g/mol. The second-order valence-corrected chi connectivity index (χ2v) is 6.95.